The van der Waals surface area contributed by atoms with Crippen LogP contribution in [0.3, 0.4) is 0 Å². The highest BCUT2D eigenvalue weighted by atomic mass is 79.9. The number of rotatable bonds is 4. The first kappa shape index (κ1) is 14.1. The maximum atomic E-state index is 11.9. The fourth-order valence-corrected chi connectivity index (χ4v) is 3.16. The Morgan fingerprint density at radius 2 is 1.94 bits per heavy atom. The normalized spacial score (nSPS) is 12.2. The number of nitrogens with one attached hydrogen (secondary N) is 1. The van der Waals surface area contributed by atoms with Crippen LogP contribution >= 0.6 is 43.6 Å². The molecule has 0 spiro atoms. The highest BCUT2D eigenvalue weighted by molar-refractivity contribution is 9.11. The van der Waals surface area contributed by atoms with Gasteiger partial charge < -0.3 is 5.32 Å². The van der Waals surface area contributed by atoms with Gasteiger partial charge >= 0.3 is 0 Å². The SMILES string of the molecule is CSCC(C)NC(=O)c1cc(Br)cc(Br)c1. The Morgan fingerprint density at radius 3 is 2.44 bits per heavy atom. The summed E-state index contributed by atoms with van der Waals surface area (Å²) < 4.78 is 1.79. The minimum Gasteiger partial charge on any atom is -0.349 e. The van der Waals surface area contributed by atoms with Gasteiger partial charge in [0.15, 0.2) is 0 Å². The highest BCUT2D eigenvalue weighted by Crippen LogP contribution is 2.20. The lowest BCUT2D eigenvalue weighted by atomic mass is 10.2. The van der Waals surface area contributed by atoms with E-state index in [0.717, 1.165) is 14.7 Å². The van der Waals surface area contributed by atoms with Gasteiger partial charge in [0, 0.05) is 26.3 Å². The van der Waals surface area contributed by atoms with Crippen LogP contribution in [0.15, 0.2) is 27.1 Å². The Morgan fingerprint density at radius 1 is 1.38 bits per heavy atom. The fourth-order valence-electron chi connectivity index (χ4n) is 1.28. The molecule has 1 rings (SSSR count). The number of thioether (sulfide) groups is 1. The van der Waals surface area contributed by atoms with Crippen LogP contribution in [0.5, 0.6) is 0 Å². The molecular weight excluding hydrogens is 354 g/mol. The molecule has 1 aromatic carbocycles. The Kier molecular flexibility index (Phi) is 5.86. The van der Waals surface area contributed by atoms with Gasteiger partial charge in [-0.3, -0.25) is 4.79 Å². The van der Waals surface area contributed by atoms with E-state index in [2.05, 4.69) is 37.2 Å². The van der Waals surface area contributed by atoms with E-state index in [0.29, 0.717) is 5.56 Å². The molecule has 1 aromatic rings. The quantitative estimate of drug-likeness (QED) is 0.880. The summed E-state index contributed by atoms with van der Waals surface area (Å²) in [4.78, 5) is 11.9. The van der Waals surface area contributed by atoms with E-state index in [4.69, 9.17) is 0 Å². The first-order valence-electron chi connectivity index (χ1n) is 4.79. The number of benzene rings is 1. The van der Waals surface area contributed by atoms with Crippen molar-refractivity contribution in [2.24, 2.45) is 0 Å². The van der Waals surface area contributed by atoms with E-state index in [1.54, 1.807) is 11.8 Å². The zero-order valence-electron chi connectivity index (χ0n) is 9.09. The summed E-state index contributed by atoms with van der Waals surface area (Å²) in [6, 6.07) is 5.71. The Labute approximate surface area is 117 Å². The lowest BCUT2D eigenvalue weighted by Crippen LogP contribution is -2.34. The molecule has 1 N–H and O–H groups in total. The molecular formula is C11H13Br2NOS. The zero-order chi connectivity index (χ0) is 12.1. The zero-order valence-corrected chi connectivity index (χ0v) is 13.1. The van der Waals surface area contributed by atoms with Crippen LogP contribution in [0.1, 0.15) is 17.3 Å². The second kappa shape index (κ2) is 6.67. The number of halogens is 2. The Balaban J connectivity index is 2.72. The molecule has 0 aliphatic rings. The van der Waals surface area contributed by atoms with Gasteiger partial charge in [-0.05, 0) is 31.4 Å². The first-order valence-corrected chi connectivity index (χ1v) is 7.77. The minimum atomic E-state index is -0.0384. The van der Waals surface area contributed by atoms with Crippen molar-refractivity contribution in [3.63, 3.8) is 0 Å². The average Bonchev–Trinajstić information content (AvgIpc) is 2.16. The third-order valence-corrected chi connectivity index (χ3v) is 3.67. The monoisotopic (exact) mass is 365 g/mol. The molecule has 0 bridgehead atoms. The highest BCUT2D eigenvalue weighted by Gasteiger charge is 2.10. The number of carbonyl (C=O) groups excluding carboxylic acids is 1. The second-order valence-electron chi connectivity index (χ2n) is 3.49. The molecule has 0 aromatic heterocycles. The van der Waals surface area contributed by atoms with Crippen LogP contribution in [-0.2, 0) is 0 Å². The number of hydrogen-bond donors (Lipinski definition) is 1. The van der Waals surface area contributed by atoms with Crippen LogP contribution < -0.4 is 5.32 Å². The smallest absolute Gasteiger partial charge is 0.251 e. The molecule has 0 aliphatic heterocycles. The van der Waals surface area contributed by atoms with Gasteiger partial charge in [-0.15, -0.1) is 0 Å². The van der Waals surface area contributed by atoms with Crippen molar-refractivity contribution < 1.29 is 4.79 Å². The number of amides is 1. The molecule has 0 aliphatic carbocycles. The van der Waals surface area contributed by atoms with Crippen molar-refractivity contribution in [3.05, 3.63) is 32.7 Å². The minimum absolute atomic E-state index is 0.0384. The van der Waals surface area contributed by atoms with E-state index in [-0.39, 0.29) is 11.9 Å². The molecule has 88 valence electrons. The molecule has 5 heteroatoms. The van der Waals surface area contributed by atoms with Crippen molar-refractivity contribution in [1.29, 1.82) is 0 Å². The predicted molar refractivity (Wildman–Crippen MR) is 77.2 cm³/mol. The predicted octanol–water partition coefficient (Wildman–Crippen LogP) is 3.69. The molecule has 0 saturated heterocycles. The van der Waals surface area contributed by atoms with Crippen LogP contribution in [0.2, 0.25) is 0 Å². The van der Waals surface area contributed by atoms with Gasteiger partial charge in [-0.1, -0.05) is 31.9 Å². The summed E-state index contributed by atoms with van der Waals surface area (Å²) in [7, 11) is 0. The van der Waals surface area contributed by atoms with Gasteiger partial charge in [-0.2, -0.15) is 11.8 Å². The third-order valence-electron chi connectivity index (χ3n) is 1.92. The van der Waals surface area contributed by atoms with Crippen molar-refractivity contribution in [1.82, 2.24) is 5.32 Å². The molecule has 0 radical (unpaired) electrons. The van der Waals surface area contributed by atoms with E-state index < -0.39 is 0 Å². The third kappa shape index (κ3) is 4.47. The summed E-state index contributed by atoms with van der Waals surface area (Å²) in [5.41, 5.74) is 0.661. The van der Waals surface area contributed by atoms with Gasteiger partial charge in [-0.25, -0.2) is 0 Å². The van der Waals surface area contributed by atoms with Crippen LogP contribution in [0.4, 0.5) is 0 Å². The summed E-state index contributed by atoms with van der Waals surface area (Å²) in [5, 5.41) is 2.95. The summed E-state index contributed by atoms with van der Waals surface area (Å²) in [5.74, 6) is 0.879. The van der Waals surface area contributed by atoms with Gasteiger partial charge in [0.2, 0.25) is 0 Å². The van der Waals surface area contributed by atoms with Crippen molar-refractivity contribution in [2.75, 3.05) is 12.0 Å². The number of carbonyl (C=O) groups is 1. The molecule has 0 fully saturated rings. The van der Waals surface area contributed by atoms with Gasteiger partial charge in [0.05, 0.1) is 0 Å². The molecule has 0 heterocycles. The topological polar surface area (TPSA) is 29.1 Å². The van der Waals surface area contributed by atoms with Crippen molar-refractivity contribution >= 4 is 49.5 Å². The second-order valence-corrected chi connectivity index (χ2v) is 6.23. The largest absolute Gasteiger partial charge is 0.349 e. The summed E-state index contributed by atoms with van der Waals surface area (Å²) in [6.45, 7) is 2.00. The first-order chi connectivity index (χ1) is 7.52. The molecule has 16 heavy (non-hydrogen) atoms. The maximum Gasteiger partial charge on any atom is 0.251 e. The van der Waals surface area contributed by atoms with Crippen LogP contribution in [-0.4, -0.2) is 24.0 Å². The Bertz CT molecular complexity index is 364. The molecule has 1 unspecified atom stereocenters. The lowest BCUT2D eigenvalue weighted by molar-refractivity contribution is 0.0943. The Hall–Kier alpha value is -0.000000000000000111. The fraction of sp³-hybridized carbons (Fsp3) is 0.364. The van der Waals surface area contributed by atoms with E-state index >= 15 is 0 Å². The summed E-state index contributed by atoms with van der Waals surface area (Å²) >= 11 is 8.45. The van der Waals surface area contributed by atoms with Crippen LogP contribution in [0, 0.1) is 0 Å². The van der Waals surface area contributed by atoms with Gasteiger partial charge in [0.1, 0.15) is 0 Å². The van der Waals surface area contributed by atoms with Crippen molar-refractivity contribution in [3.8, 4) is 0 Å². The van der Waals surface area contributed by atoms with Gasteiger partial charge in [0.25, 0.3) is 5.91 Å². The summed E-state index contributed by atoms with van der Waals surface area (Å²) in [6.07, 6.45) is 2.03. The number of hydrogen-bond acceptors (Lipinski definition) is 2. The van der Waals surface area contributed by atoms with E-state index in [1.807, 2.05) is 31.4 Å². The molecule has 0 saturated carbocycles. The maximum absolute atomic E-state index is 11.9. The molecule has 1 amide bonds. The van der Waals surface area contributed by atoms with Crippen LogP contribution in [0.25, 0.3) is 0 Å². The molecule has 1 atom stereocenters. The van der Waals surface area contributed by atoms with E-state index in [9.17, 15) is 4.79 Å². The molecule has 2 nitrogen and oxygen atoms in total. The van der Waals surface area contributed by atoms with E-state index in [1.165, 1.54) is 0 Å². The van der Waals surface area contributed by atoms with Crippen molar-refractivity contribution in [2.45, 2.75) is 13.0 Å². The average molecular weight is 367 g/mol. The standard InChI is InChI=1S/C11H13Br2NOS/c1-7(6-16-2)14-11(15)8-3-9(12)5-10(13)4-8/h3-5,7H,6H2,1-2H3,(H,14,15). The lowest BCUT2D eigenvalue weighted by Gasteiger charge is -2.12.